The second-order valence-corrected chi connectivity index (χ2v) is 2.05. The van der Waals surface area contributed by atoms with Gasteiger partial charge in [0.2, 0.25) is 0 Å². The molecule has 0 saturated carbocycles. The van der Waals surface area contributed by atoms with E-state index in [-0.39, 0.29) is 5.38 Å². The highest BCUT2D eigenvalue weighted by molar-refractivity contribution is 6.57. The van der Waals surface area contributed by atoms with Gasteiger partial charge in [0.15, 0.2) is 5.94 Å². The molecular weight excluding hydrogens is 100 g/mol. The first-order valence-corrected chi connectivity index (χ1v) is 2.63. The van der Waals surface area contributed by atoms with Crippen molar-refractivity contribution in [2.24, 2.45) is 0 Å². The lowest BCUT2D eigenvalue weighted by molar-refractivity contribution is 0.514. The Kier molecular flexibility index (Phi) is 0.497. The summed E-state index contributed by atoms with van der Waals surface area (Å²) in [6, 6.07) is 0. The maximum absolute atomic E-state index is 9.78. The summed E-state index contributed by atoms with van der Waals surface area (Å²) in [4.78, 5) is 9.32. The highest BCUT2D eigenvalue weighted by atomic mass is 28.3. The van der Waals surface area contributed by atoms with Gasteiger partial charge in [-0.15, -0.1) is 0 Å². The van der Waals surface area contributed by atoms with Crippen LogP contribution in [0.3, 0.4) is 0 Å². The number of hydrogen-bond acceptors (Lipinski definition) is 3. The van der Waals surface area contributed by atoms with Crippen LogP contribution in [0.5, 0.6) is 0 Å². The number of rotatable bonds is 0. The average Bonchev–Trinajstić information content (AvgIpc) is 2.19. The van der Waals surface area contributed by atoms with Crippen LogP contribution in [0, 0.1) is 0 Å². The topological polar surface area (TPSA) is 46.7 Å². The fourth-order valence-electron chi connectivity index (χ4n) is 0.130. The Balaban J connectivity index is 2.93. The van der Waals surface area contributed by atoms with Crippen LogP contribution in [0.15, 0.2) is 5.38 Å². The van der Waals surface area contributed by atoms with Gasteiger partial charge in [-0.3, -0.25) is 0 Å². The van der Waals surface area contributed by atoms with Crippen LogP contribution in [-0.4, -0.2) is 14.9 Å². The molecule has 0 aromatic rings. The van der Waals surface area contributed by atoms with Gasteiger partial charge in [0.05, 0.1) is 0 Å². The van der Waals surface area contributed by atoms with Crippen molar-refractivity contribution in [1.29, 1.82) is 0 Å². The van der Waals surface area contributed by atoms with E-state index in [0.717, 1.165) is 0 Å². The summed E-state index contributed by atoms with van der Waals surface area (Å²) in [5, 5.41) is 0.000000000000000222. The normalized spacial score (nSPS) is 16.0. The van der Waals surface area contributed by atoms with E-state index in [4.69, 9.17) is 0 Å². The highest BCUT2D eigenvalue weighted by Crippen LogP contribution is 2.08. The minimum Gasteiger partial charge on any atom is -0.471 e. The Morgan fingerprint density at radius 3 is 2.33 bits per heavy atom. The molecule has 1 rings (SSSR count). The number of carbonyl (C=O) groups excluding carboxylic acids is 1. The fraction of sp³-hybridized carbons (Fsp3) is 0. The Morgan fingerprint density at radius 2 is 2.33 bits per heavy atom. The first-order chi connectivity index (χ1) is 2.84. The lowest BCUT2D eigenvalue weighted by Gasteiger charge is -1.36. The molecule has 0 N–H and O–H groups in total. The maximum atomic E-state index is 9.78. The van der Waals surface area contributed by atoms with Gasteiger partial charge in [0, 0.05) is 0 Å². The van der Waals surface area contributed by atoms with Crippen molar-refractivity contribution in [2.45, 2.75) is 0 Å². The quantitative estimate of drug-likeness (QED) is 0.227. The largest absolute Gasteiger partial charge is 0.594 e. The average molecular weight is 100 g/mol. The van der Waals surface area contributed by atoms with Crippen LogP contribution in [0.1, 0.15) is 0 Å². The molecule has 0 aromatic heterocycles. The van der Waals surface area contributed by atoms with E-state index in [2.05, 4.69) is 4.43 Å². The van der Waals surface area contributed by atoms with Crippen molar-refractivity contribution in [3.05, 3.63) is 5.38 Å². The van der Waals surface area contributed by atoms with Gasteiger partial charge in [0.1, 0.15) is 0 Å². The van der Waals surface area contributed by atoms with Gasteiger partial charge < -0.3 is 8.89 Å². The second kappa shape index (κ2) is 0.862. The van der Waals surface area contributed by atoms with Crippen molar-refractivity contribution < 1.29 is 13.7 Å². The third-order valence-electron chi connectivity index (χ3n) is 0.431. The van der Waals surface area contributed by atoms with Crippen molar-refractivity contribution in [3.63, 3.8) is 0 Å². The van der Waals surface area contributed by atoms with E-state index in [1.54, 1.807) is 0 Å². The summed E-state index contributed by atoms with van der Waals surface area (Å²) in [6.07, 6.45) is 0. The van der Waals surface area contributed by atoms with Crippen molar-refractivity contribution in [3.8, 4) is 0 Å². The highest BCUT2D eigenvalue weighted by Gasteiger charge is 2.36. The molecule has 6 heavy (non-hydrogen) atoms. The first-order valence-electron chi connectivity index (χ1n) is 1.32. The summed E-state index contributed by atoms with van der Waals surface area (Å²) in [6.45, 7) is 0. The molecule has 0 aromatic carbocycles. The van der Waals surface area contributed by atoms with Crippen LogP contribution in [-0.2, 0) is 13.7 Å². The Morgan fingerprint density at radius 1 is 1.83 bits per heavy atom. The molecule has 0 spiro atoms. The molecule has 30 valence electrons. The molecule has 1 aliphatic heterocycles. The third kappa shape index (κ3) is 0.318. The van der Waals surface area contributed by atoms with E-state index in [1.807, 2.05) is 0 Å². The Labute approximate surface area is 35.0 Å². The molecule has 0 aliphatic carbocycles. The zero-order chi connectivity index (χ0) is 4.57. The van der Waals surface area contributed by atoms with Crippen molar-refractivity contribution in [1.82, 2.24) is 0 Å². The van der Waals surface area contributed by atoms with Crippen LogP contribution < -0.4 is 0 Å². The lowest BCUT2D eigenvalue weighted by atomic mass is 11.1. The Hall–Kier alpha value is -0.733. The van der Waals surface area contributed by atoms with Gasteiger partial charge in [-0.2, -0.15) is 0 Å². The molecular formula is C2O3Si. The first kappa shape index (κ1) is 3.46. The molecule has 0 unspecified atom stereocenters. The molecule has 4 heteroatoms. The van der Waals surface area contributed by atoms with E-state index >= 15 is 0 Å². The molecule has 0 atom stereocenters. The van der Waals surface area contributed by atoms with Crippen LogP contribution in [0.4, 0.5) is 0 Å². The van der Waals surface area contributed by atoms with Gasteiger partial charge in [-0.25, -0.2) is 4.79 Å². The maximum Gasteiger partial charge on any atom is 0.594 e. The smallest absolute Gasteiger partial charge is 0.471 e. The SMILES string of the molecule is O=C=C1O[Si]1=O. The summed E-state index contributed by atoms with van der Waals surface area (Å²) >= 11 is 0. The summed E-state index contributed by atoms with van der Waals surface area (Å²) in [5.74, 6) is 1.37. The summed E-state index contributed by atoms with van der Waals surface area (Å²) in [5.41, 5.74) is 0. The van der Waals surface area contributed by atoms with Crippen molar-refractivity contribution in [2.75, 3.05) is 0 Å². The van der Waals surface area contributed by atoms with Gasteiger partial charge >= 0.3 is 8.93 Å². The van der Waals surface area contributed by atoms with E-state index in [9.17, 15) is 9.26 Å². The Bertz CT molecular complexity index is 143. The molecule has 1 fully saturated rings. The second-order valence-electron chi connectivity index (χ2n) is 0.821. The molecule has 0 bridgehead atoms. The van der Waals surface area contributed by atoms with E-state index in [1.165, 1.54) is 5.94 Å². The van der Waals surface area contributed by atoms with Gasteiger partial charge in [-0.05, 0) is 0 Å². The van der Waals surface area contributed by atoms with Crippen LogP contribution in [0.2, 0.25) is 0 Å². The standard InChI is InChI=1S/C2O3Si/c3-1-2-5-6(2)4. The van der Waals surface area contributed by atoms with Gasteiger partial charge in [0.25, 0.3) is 5.38 Å². The predicted octanol–water partition coefficient (Wildman–Crippen LogP) is -0.810. The number of hydrogen-bond donors (Lipinski definition) is 0. The zero-order valence-electron chi connectivity index (χ0n) is 2.72. The molecule has 3 nitrogen and oxygen atoms in total. The monoisotopic (exact) mass is 100.0 g/mol. The minimum absolute atomic E-state index is 0.000000000000000222. The van der Waals surface area contributed by atoms with Gasteiger partial charge in [-0.1, -0.05) is 0 Å². The molecule has 0 amide bonds. The minimum atomic E-state index is -1.98. The predicted molar refractivity (Wildman–Crippen MR) is 16.7 cm³/mol. The van der Waals surface area contributed by atoms with Crippen LogP contribution in [0.25, 0.3) is 0 Å². The van der Waals surface area contributed by atoms with Crippen LogP contribution >= 0.6 is 0 Å². The molecule has 1 saturated heterocycles. The lowest BCUT2D eigenvalue weighted by Crippen LogP contribution is -1.59. The molecule has 1 heterocycles. The zero-order valence-corrected chi connectivity index (χ0v) is 3.72. The van der Waals surface area contributed by atoms with E-state index in [0.29, 0.717) is 0 Å². The summed E-state index contributed by atoms with van der Waals surface area (Å²) in [7, 11) is -1.98. The fourth-order valence-corrected chi connectivity index (χ4v) is 0.514. The van der Waals surface area contributed by atoms with E-state index < -0.39 is 8.93 Å². The third-order valence-corrected chi connectivity index (χ3v) is 1.21. The molecule has 0 radical (unpaired) electrons. The molecule has 1 aliphatic rings. The summed E-state index contributed by atoms with van der Waals surface area (Å²) < 4.78 is 13.9. The van der Waals surface area contributed by atoms with Crippen molar-refractivity contribution >= 4 is 14.9 Å².